The highest BCUT2D eigenvalue weighted by Gasteiger charge is 2.15. The molecular formula is C15H15BrN2O2. The van der Waals surface area contributed by atoms with Crippen molar-refractivity contribution in [2.24, 2.45) is 0 Å². The molecular weight excluding hydrogens is 320 g/mol. The SMILES string of the molecule is CN1CCCc2cc(NC(=O)c3ccc(Br)o3)ccc21. The molecule has 0 atom stereocenters. The van der Waals surface area contributed by atoms with Gasteiger partial charge in [0.25, 0.3) is 5.91 Å². The number of halogens is 1. The Morgan fingerprint density at radius 3 is 2.95 bits per heavy atom. The van der Waals surface area contributed by atoms with Gasteiger partial charge in [-0.1, -0.05) is 0 Å². The first-order valence-corrected chi connectivity index (χ1v) is 7.33. The highest BCUT2D eigenvalue weighted by molar-refractivity contribution is 9.10. The largest absolute Gasteiger partial charge is 0.444 e. The van der Waals surface area contributed by atoms with Gasteiger partial charge in [0.15, 0.2) is 10.4 Å². The Bertz CT molecular complexity index is 651. The molecule has 0 saturated heterocycles. The maximum absolute atomic E-state index is 12.0. The van der Waals surface area contributed by atoms with Crippen molar-refractivity contribution in [3.63, 3.8) is 0 Å². The van der Waals surface area contributed by atoms with Crippen LogP contribution in [0.15, 0.2) is 39.4 Å². The van der Waals surface area contributed by atoms with Crippen LogP contribution in [0.4, 0.5) is 11.4 Å². The molecule has 0 saturated carbocycles. The standard InChI is InChI=1S/C15H15BrN2O2/c1-18-8-2-3-10-9-11(4-5-12(10)18)17-15(19)13-6-7-14(16)20-13/h4-7,9H,2-3,8H2,1H3,(H,17,19). The van der Waals surface area contributed by atoms with E-state index >= 15 is 0 Å². The lowest BCUT2D eigenvalue weighted by molar-refractivity contribution is 0.0995. The first kappa shape index (κ1) is 13.2. The number of aryl methyl sites for hydroxylation is 1. The maximum atomic E-state index is 12.0. The van der Waals surface area contributed by atoms with Gasteiger partial charge in [-0.25, -0.2) is 0 Å². The van der Waals surface area contributed by atoms with E-state index in [1.165, 1.54) is 11.3 Å². The molecule has 0 unspecified atom stereocenters. The molecule has 1 aromatic carbocycles. The van der Waals surface area contributed by atoms with Gasteiger partial charge in [-0.05, 0) is 64.7 Å². The van der Waals surface area contributed by atoms with Crippen LogP contribution in [-0.4, -0.2) is 19.5 Å². The van der Waals surface area contributed by atoms with Gasteiger partial charge in [-0.15, -0.1) is 0 Å². The van der Waals surface area contributed by atoms with Crippen LogP contribution in [0.2, 0.25) is 0 Å². The van der Waals surface area contributed by atoms with Crippen LogP contribution in [-0.2, 0) is 6.42 Å². The third-order valence-corrected chi connectivity index (χ3v) is 3.91. The lowest BCUT2D eigenvalue weighted by atomic mass is 10.0. The number of carbonyl (C=O) groups is 1. The van der Waals surface area contributed by atoms with Gasteiger partial charge in [0.2, 0.25) is 0 Å². The second-order valence-electron chi connectivity index (χ2n) is 4.93. The third-order valence-electron chi connectivity index (χ3n) is 3.49. The summed E-state index contributed by atoms with van der Waals surface area (Å²) in [5.41, 5.74) is 3.32. The van der Waals surface area contributed by atoms with Gasteiger partial charge in [0.05, 0.1) is 0 Å². The number of fused-ring (bicyclic) bond motifs is 1. The summed E-state index contributed by atoms with van der Waals surface area (Å²) in [5, 5.41) is 2.86. The summed E-state index contributed by atoms with van der Waals surface area (Å²) in [7, 11) is 2.09. The van der Waals surface area contributed by atoms with Gasteiger partial charge in [-0.3, -0.25) is 4.79 Å². The lowest BCUT2D eigenvalue weighted by Gasteiger charge is -2.27. The minimum atomic E-state index is -0.236. The van der Waals surface area contributed by atoms with E-state index < -0.39 is 0 Å². The predicted molar refractivity (Wildman–Crippen MR) is 82.4 cm³/mol. The number of hydrogen-bond acceptors (Lipinski definition) is 3. The van der Waals surface area contributed by atoms with Crippen molar-refractivity contribution in [2.75, 3.05) is 23.8 Å². The van der Waals surface area contributed by atoms with Crippen LogP contribution in [0, 0.1) is 0 Å². The van der Waals surface area contributed by atoms with Gasteiger partial charge in [0.1, 0.15) is 0 Å². The monoisotopic (exact) mass is 334 g/mol. The highest BCUT2D eigenvalue weighted by atomic mass is 79.9. The van der Waals surface area contributed by atoms with Crippen molar-refractivity contribution in [3.05, 3.63) is 46.3 Å². The molecule has 2 heterocycles. The predicted octanol–water partition coefficient (Wildman–Crippen LogP) is 3.68. The number of anilines is 2. The third kappa shape index (κ3) is 2.58. The van der Waals surface area contributed by atoms with Gasteiger partial charge < -0.3 is 14.6 Å². The number of nitrogens with one attached hydrogen (secondary N) is 1. The van der Waals surface area contributed by atoms with E-state index in [1.807, 2.05) is 12.1 Å². The summed E-state index contributed by atoms with van der Waals surface area (Å²) >= 11 is 3.19. The summed E-state index contributed by atoms with van der Waals surface area (Å²) in [6, 6.07) is 9.38. The molecule has 1 aliphatic heterocycles. The first-order valence-electron chi connectivity index (χ1n) is 6.54. The topological polar surface area (TPSA) is 45.5 Å². The van der Waals surface area contributed by atoms with Gasteiger partial charge in [0, 0.05) is 25.0 Å². The van der Waals surface area contributed by atoms with Crippen molar-refractivity contribution in [3.8, 4) is 0 Å². The second kappa shape index (κ2) is 5.32. The lowest BCUT2D eigenvalue weighted by Crippen LogP contribution is -2.24. The Balaban J connectivity index is 1.80. The molecule has 0 radical (unpaired) electrons. The fourth-order valence-corrected chi connectivity index (χ4v) is 2.80. The molecule has 0 fully saturated rings. The summed E-state index contributed by atoms with van der Waals surface area (Å²) in [4.78, 5) is 14.3. The van der Waals surface area contributed by atoms with Crippen LogP contribution >= 0.6 is 15.9 Å². The zero-order valence-electron chi connectivity index (χ0n) is 11.1. The average molecular weight is 335 g/mol. The minimum Gasteiger partial charge on any atom is -0.444 e. The van der Waals surface area contributed by atoms with E-state index in [0.29, 0.717) is 10.4 Å². The van der Waals surface area contributed by atoms with E-state index in [2.05, 4.69) is 39.3 Å². The van der Waals surface area contributed by atoms with Crippen molar-refractivity contribution < 1.29 is 9.21 Å². The number of benzene rings is 1. The molecule has 1 aromatic heterocycles. The summed E-state index contributed by atoms with van der Waals surface area (Å²) in [6.45, 7) is 1.08. The fraction of sp³-hybridized carbons (Fsp3) is 0.267. The zero-order chi connectivity index (χ0) is 14.1. The normalized spacial score (nSPS) is 14.0. The van der Waals surface area contributed by atoms with E-state index in [4.69, 9.17) is 4.42 Å². The Morgan fingerprint density at radius 2 is 2.20 bits per heavy atom. The van der Waals surface area contributed by atoms with Crippen molar-refractivity contribution in [1.29, 1.82) is 0 Å². The zero-order valence-corrected chi connectivity index (χ0v) is 12.7. The van der Waals surface area contributed by atoms with Gasteiger partial charge >= 0.3 is 0 Å². The van der Waals surface area contributed by atoms with Crippen LogP contribution in [0.5, 0.6) is 0 Å². The number of furan rings is 1. The second-order valence-corrected chi connectivity index (χ2v) is 5.71. The Morgan fingerprint density at radius 1 is 1.35 bits per heavy atom. The molecule has 0 spiro atoms. The highest BCUT2D eigenvalue weighted by Crippen LogP contribution is 2.28. The quantitative estimate of drug-likeness (QED) is 0.911. The van der Waals surface area contributed by atoms with Crippen LogP contribution in [0.1, 0.15) is 22.5 Å². The number of amides is 1. The van der Waals surface area contributed by atoms with Gasteiger partial charge in [-0.2, -0.15) is 0 Å². The summed E-state index contributed by atoms with van der Waals surface area (Å²) in [6.07, 6.45) is 2.20. The van der Waals surface area contributed by atoms with E-state index in [1.54, 1.807) is 12.1 Å². The molecule has 20 heavy (non-hydrogen) atoms. The van der Waals surface area contributed by atoms with Crippen LogP contribution in [0.3, 0.4) is 0 Å². The average Bonchev–Trinajstić information content (AvgIpc) is 2.86. The molecule has 104 valence electrons. The van der Waals surface area contributed by atoms with Crippen molar-refractivity contribution in [1.82, 2.24) is 0 Å². The van der Waals surface area contributed by atoms with Crippen molar-refractivity contribution >= 4 is 33.2 Å². The molecule has 0 aliphatic carbocycles. The molecule has 1 amide bonds. The van der Waals surface area contributed by atoms with E-state index in [0.717, 1.165) is 25.1 Å². The molecule has 0 bridgehead atoms. The Hall–Kier alpha value is -1.75. The molecule has 2 aromatic rings. The number of carbonyl (C=O) groups excluding carboxylic acids is 1. The van der Waals surface area contributed by atoms with Crippen LogP contribution < -0.4 is 10.2 Å². The summed E-state index contributed by atoms with van der Waals surface area (Å²) < 4.78 is 5.79. The summed E-state index contributed by atoms with van der Waals surface area (Å²) in [5.74, 6) is 0.0616. The van der Waals surface area contributed by atoms with E-state index in [9.17, 15) is 4.79 Å². The fourth-order valence-electron chi connectivity index (χ4n) is 2.49. The van der Waals surface area contributed by atoms with Crippen molar-refractivity contribution in [2.45, 2.75) is 12.8 Å². The Kier molecular flexibility index (Phi) is 3.53. The van der Waals surface area contributed by atoms with E-state index in [-0.39, 0.29) is 5.91 Å². The Labute approximate surface area is 125 Å². The first-order chi connectivity index (χ1) is 9.63. The van der Waals surface area contributed by atoms with Crippen LogP contribution in [0.25, 0.3) is 0 Å². The smallest absolute Gasteiger partial charge is 0.291 e. The maximum Gasteiger partial charge on any atom is 0.291 e. The molecule has 1 N–H and O–H groups in total. The molecule has 1 aliphatic rings. The minimum absolute atomic E-state index is 0.236. The number of rotatable bonds is 2. The number of nitrogens with zero attached hydrogens (tertiary/aromatic N) is 1. The molecule has 3 rings (SSSR count). The molecule has 4 nitrogen and oxygen atoms in total. The number of hydrogen-bond donors (Lipinski definition) is 1. The molecule has 5 heteroatoms.